The minimum atomic E-state index is 0.418. The van der Waals surface area contributed by atoms with Gasteiger partial charge in [0, 0.05) is 10.7 Å². The summed E-state index contributed by atoms with van der Waals surface area (Å²) in [5.74, 6) is 1.67. The Labute approximate surface area is 126 Å². The molecule has 0 saturated heterocycles. The van der Waals surface area contributed by atoms with Gasteiger partial charge in [-0.3, -0.25) is 0 Å². The molecule has 0 radical (unpaired) electrons. The maximum Gasteiger partial charge on any atom is 0.238 e. The van der Waals surface area contributed by atoms with Gasteiger partial charge in [0.25, 0.3) is 0 Å². The summed E-state index contributed by atoms with van der Waals surface area (Å²) < 4.78 is 6.55. The summed E-state index contributed by atoms with van der Waals surface area (Å²) in [6.45, 7) is 6.44. The van der Waals surface area contributed by atoms with Crippen LogP contribution in [0.2, 0.25) is 5.02 Å². The van der Waals surface area contributed by atoms with Crippen LogP contribution in [0.4, 0.5) is 0 Å². The van der Waals surface area contributed by atoms with Gasteiger partial charge in [-0.05, 0) is 58.1 Å². The van der Waals surface area contributed by atoms with E-state index in [0.29, 0.717) is 16.8 Å². The van der Waals surface area contributed by atoms with Crippen LogP contribution in [0.1, 0.15) is 30.9 Å². The van der Waals surface area contributed by atoms with E-state index in [1.807, 2.05) is 12.1 Å². The van der Waals surface area contributed by atoms with Crippen molar-refractivity contribution in [3.8, 4) is 11.6 Å². The van der Waals surface area contributed by atoms with Crippen LogP contribution in [-0.4, -0.2) is 4.98 Å². The molecule has 2 rings (SSSR count). The van der Waals surface area contributed by atoms with Gasteiger partial charge in [0.15, 0.2) is 0 Å². The quantitative estimate of drug-likeness (QED) is 0.712. The average molecular weight is 341 g/mol. The van der Waals surface area contributed by atoms with Crippen molar-refractivity contribution in [3.63, 3.8) is 0 Å². The van der Waals surface area contributed by atoms with Crippen molar-refractivity contribution < 1.29 is 4.74 Å². The van der Waals surface area contributed by atoms with E-state index in [-0.39, 0.29) is 0 Å². The van der Waals surface area contributed by atoms with E-state index in [1.165, 1.54) is 11.1 Å². The Kier molecular flexibility index (Phi) is 4.48. The highest BCUT2D eigenvalue weighted by Crippen LogP contribution is 2.31. The second kappa shape index (κ2) is 5.93. The topological polar surface area (TPSA) is 22.1 Å². The second-order valence-corrected chi connectivity index (χ2v) is 6.04. The van der Waals surface area contributed by atoms with Gasteiger partial charge in [-0.15, -0.1) is 0 Å². The van der Waals surface area contributed by atoms with E-state index in [4.69, 9.17) is 16.3 Å². The number of pyridine rings is 1. The molecule has 0 aliphatic heterocycles. The molecule has 2 nitrogen and oxygen atoms in total. The summed E-state index contributed by atoms with van der Waals surface area (Å²) in [6, 6.07) is 7.80. The van der Waals surface area contributed by atoms with Gasteiger partial charge < -0.3 is 4.74 Å². The van der Waals surface area contributed by atoms with Crippen molar-refractivity contribution in [1.29, 1.82) is 0 Å². The highest BCUT2D eigenvalue weighted by molar-refractivity contribution is 9.10. The zero-order chi connectivity index (χ0) is 14.0. The summed E-state index contributed by atoms with van der Waals surface area (Å²) in [5, 5.41) is 0.486. The van der Waals surface area contributed by atoms with Crippen LogP contribution in [0, 0.1) is 6.92 Å². The Morgan fingerprint density at radius 3 is 2.58 bits per heavy atom. The van der Waals surface area contributed by atoms with Crippen molar-refractivity contribution in [3.05, 3.63) is 51.1 Å². The molecule has 2 aromatic rings. The van der Waals surface area contributed by atoms with Gasteiger partial charge in [-0.2, -0.15) is 0 Å². The lowest BCUT2D eigenvalue weighted by molar-refractivity contribution is 0.462. The minimum absolute atomic E-state index is 0.418. The Hall–Kier alpha value is -1.06. The summed E-state index contributed by atoms with van der Waals surface area (Å²) in [5.41, 5.74) is 2.53. The number of benzene rings is 1. The number of hydrogen-bond acceptors (Lipinski definition) is 2. The number of hydrogen-bond donors (Lipinski definition) is 0. The molecule has 0 spiro atoms. The van der Waals surface area contributed by atoms with Gasteiger partial charge in [0.1, 0.15) is 10.8 Å². The first kappa shape index (κ1) is 14.4. The fourth-order valence-electron chi connectivity index (χ4n) is 1.95. The lowest BCUT2D eigenvalue weighted by atomic mass is 9.98. The maximum atomic E-state index is 6.08. The number of ether oxygens (including phenoxy) is 1. The molecule has 0 saturated carbocycles. The zero-order valence-corrected chi connectivity index (χ0v) is 13.4. The van der Waals surface area contributed by atoms with Gasteiger partial charge >= 0.3 is 0 Å². The molecule has 1 aromatic carbocycles. The molecule has 0 amide bonds. The molecule has 0 bridgehead atoms. The molecule has 1 aromatic heterocycles. The molecule has 0 fully saturated rings. The molecule has 0 unspecified atom stereocenters. The first-order chi connectivity index (χ1) is 8.97. The molecule has 19 heavy (non-hydrogen) atoms. The van der Waals surface area contributed by atoms with E-state index < -0.39 is 0 Å². The molecule has 4 heteroatoms. The predicted octanol–water partition coefficient (Wildman–Crippen LogP) is 5.72. The van der Waals surface area contributed by atoms with Gasteiger partial charge in [-0.1, -0.05) is 31.5 Å². The Morgan fingerprint density at radius 1 is 1.26 bits per heavy atom. The average Bonchev–Trinajstić information content (AvgIpc) is 2.32. The molecule has 1 heterocycles. The number of nitrogens with zero attached hydrogens (tertiary/aromatic N) is 1. The van der Waals surface area contributed by atoms with Crippen molar-refractivity contribution in [1.82, 2.24) is 4.98 Å². The van der Waals surface area contributed by atoms with Crippen LogP contribution in [0.15, 0.2) is 34.9 Å². The van der Waals surface area contributed by atoms with E-state index in [1.54, 1.807) is 12.3 Å². The van der Waals surface area contributed by atoms with Gasteiger partial charge in [0.2, 0.25) is 5.88 Å². The third kappa shape index (κ3) is 3.48. The van der Waals surface area contributed by atoms with Gasteiger partial charge in [-0.25, -0.2) is 4.98 Å². The summed E-state index contributed by atoms with van der Waals surface area (Å²) >= 11 is 9.40. The Balaban J connectivity index is 2.26. The second-order valence-electron chi connectivity index (χ2n) is 4.72. The standard InChI is InChI=1S/C15H15BrClNO/c1-9(2)13-5-4-12(6-10(13)3)19-15-14(17)7-11(16)8-18-15/h4-9H,1-3H3. The van der Waals surface area contributed by atoms with Crippen molar-refractivity contribution >= 4 is 27.5 Å². The fourth-order valence-corrected chi connectivity index (χ4v) is 2.62. The highest BCUT2D eigenvalue weighted by Gasteiger charge is 2.08. The maximum absolute atomic E-state index is 6.08. The van der Waals surface area contributed by atoms with Crippen LogP contribution in [0.25, 0.3) is 0 Å². The van der Waals surface area contributed by atoms with Crippen molar-refractivity contribution in [2.45, 2.75) is 26.7 Å². The third-order valence-electron chi connectivity index (χ3n) is 2.85. The Morgan fingerprint density at radius 2 is 2.00 bits per heavy atom. The first-order valence-corrected chi connectivity index (χ1v) is 7.24. The number of rotatable bonds is 3. The summed E-state index contributed by atoms with van der Waals surface area (Å²) in [7, 11) is 0. The van der Waals surface area contributed by atoms with E-state index in [9.17, 15) is 0 Å². The fraction of sp³-hybridized carbons (Fsp3) is 0.267. The molecule has 0 aliphatic carbocycles. The molecule has 0 atom stereocenters. The molecule has 100 valence electrons. The molecule has 0 N–H and O–H groups in total. The number of aryl methyl sites for hydroxylation is 1. The smallest absolute Gasteiger partial charge is 0.238 e. The van der Waals surface area contributed by atoms with Crippen LogP contribution in [0.3, 0.4) is 0 Å². The molecular weight excluding hydrogens is 326 g/mol. The lowest BCUT2D eigenvalue weighted by Gasteiger charge is -2.12. The molecule has 0 aliphatic rings. The van der Waals surface area contributed by atoms with Gasteiger partial charge in [0.05, 0.1) is 0 Å². The van der Waals surface area contributed by atoms with Crippen LogP contribution < -0.4 is 4.74 Å². The summed E-state index contributed by atoms with van der Waals surface area (Å²) in [6.07, 6.45) is 1.66. The van der Waals surface area contributed by atoms with Crippen LogP contribution >= 0.6 is 27.5 Å². The summed E-state index contributed by atoms with van der Waals surface area (Å²) in [4.78, 5) is 4.16. The van der Waals surface area contributed by atoms with Crippen molar-refractivity contribution in [2.75, 3.05) is 0 Å². The minimum Gasteiger partial charge on any atom is -0.438 e. The lowest BCUT2D eigenvalue weighted by Crippen LogP contribution is -1.94. The number of aromatic nitrogens is 1. The third-order valence-corrected chi connectivity index (χ3v) is 3.56. The van der Waals surface area contributed by atoms with Crippen LogP contribution in [-0.2, 0) is 0 Å². The number of halogens is 2. The van der Waals surface area contributed by atoms with E-state index >= 15 is 0 Å². The SMILES string of the molecule is Cc1cc(Oc2ncc(Br)cc2Cl)ccc1C(C)C. The first-order valence-electron chi connectivity index (χ1n) is 6.07. The van der Waals surface area contributed by atoms with E-state index in [0.717, 1.165) is 10.2 Å². The van der Waals surface area contributed by atoms with E-state index in [2.05, 4.69) is 47.8 Å². The zero-order valence-electron chi connectivity index (χ0n) is 11.1. The normalized spacial score (nSPS) is 10.8. The van der Waals surface area contributed by atoms with Crippen LogP contribution in [0.5, 0.6) is 11.6 Å². The Bertz CT molecular complexity index is 599. The van der Waals surface area contributed by atoms with Crippen molar-refractivity contribution in [2.24, 2.45) is 0 Å². The highest BCUT2D eigenvalue weighted by atomic mass is 79.9. The monoisotopic (exact) mass is 339 g/mol. The largest absolute Gasteiger partial charge is 0.438 e. The molecular formula is C15H15BrClNO. The predicted molar refractivity (Wildman–Crippen MR) is 82.3 cm³/mol.